The maximum atomic E-state index is 13.9. The Balaban J connectivity index is 1.42. The van der Waals surface area contributed by atoms with Crippen LogP contribution in [0.2, 0.25) is 10.0 Å². The molecule has 1 aromatic heterocycles. The Morgan fingerprint density at radius 1 is 0.976 bits per heavy atom. The molecule has 42 heavy (non-hydrogen) atoms. The molecular weight excluding hydrogens is 607 g/mol. The maximum absolute atomic E-state index is 13.9. The lowest BCUT2D eigenvalue weighted by Crippen LogP contribution is -2.51. The molecule has 2 heterocycles. The molecule has 0 radical (unpaired) electrons. The molecule has 0 aliphatic carbocycles. The molecule has 0 bridgehead atoms. The molecular formula is C33H32Cl2N2O3S2. The lowest BCUT2D eigenvalue weighted by molar-refractivity contribution is -0.125. The molecule has 2 N–H and O–H groups in total. The van der Waals surface area contributed by atoms with Gasteiger partial charge in [-0.1, -0.05) is 59.6 Å². The van der Waals surface area contributed by atoms with Gasteiger partial charge >= 0.3 is 0 Å². The van der Waals surface area contributed by atoms with Crippen molar-refractivity contribution < 1.29 is 14.3 Å². The number of carbonyl (C=O) groups is 2. The average Bonchev–Trinajstić information content (AvgIpc) is 3.45. The summed E-state index contributed by atoms with van der Waals surface area (Å²) >= 11 is 16.1. The predicted molar refractivity (Wildman–Crippen MR) is 176 cm³/mol. The van der Waals surface area contributed by atoms with Crippen molar-refractivity contribution in [1.82, 2.24) is 4.90 Å². The number of piperidine rings is 1. The van der Waals surface area contributed by atoms with Crippen LogP contribution in [0.4, 0.5) is 0 Å². The molecule has 0 atom stereocenters. The maximum Gasteiger partial charge on any atom is 0.263 e. The lowest BCUT2D eigenvalue weighted by Gasteiger charge is -2.40. The van der Waals surface area contributed by atoms with E-state index in [1.165, 1.54) is 11.3 Å². The van der Waals surface area contributed by atoms with E-state index in [1.54, 1.807) is 23.9 Å². The van der Waals surface area contributed by atoms with Gasteiger partial charge in [0.2, 0.25) is 5.91 Å². The van der Waals surface area contributed by atoms with E-state index in [-0.39, 0.29) is 11.8 Å². The number of amides is 2. The first kappa shape index (κ1) is 30.5. The minimum atomic E-state index is -0.778. The second-order valence-corrected chi connectivity index (χ2v) is 13.2. The van der Waals surface area contributed by atoms with Crippen molar-refractivity contribution in [1.29, 1.82) is 0 Å². The van der Waals surface area contributed by atoms with Crippen LogP contribution < -0.4 is 10.5 Å². The second kappa shape index (κ2) is 13.6. The van der Waals surface area contributed by atoms with E-state index in [4.69, 9.17) is 33.7 Å². The third kappa shape index (κ3) is 6.50. The standard InChI is InChI=1S/C33H32Cl2N2O3S2/c1-41-19-5-18-40-25-11-8-22(9-12-25)30-27(26-13-10-24(34)20-28(26)35)21-29(42-30)31(38)37-16-14-33(15-17-37,32(36)39)23-6-3-2-4-7-23/h2-4,6-13,20-21H,5,14-19H2,1H3,(H2,36,39). The molecule has 9 heteroatoms. The lowest BCUT2D eigenvalue weighted by atomic mass is 9.72. The number of hydrogen-bond acceptors (Lipinski definition) is 5. The molecule has 2 amide bonds. The normalized spacial score (nSPS) is 14.5. The third-order valence-corrected chi connectivity index (χ3v) is 10.2. The van der Waals surface area contributed by atoms with Gasteiger partial charge in [0.15, 0.2) is 0 Å². The molecule has 3 aromatic carbocycles. The zero-order valence-electron chi connectivity index (χ0n) is 23.3. The summed E-state index contributed by atoms with van der Waals surface area (Å²) in [6, 6.07) is 24.9. The number of nitrogens with zero attached hydrogens (tertiary/aromatic N) is 1. The molecule has 0 unspecified atom stereocenters. The molecule has 5 nitrogen and oxygen atoms in total. The molecule has 218 valence electrons. The fourth-order valence-corrected chi connectivity index (χ4v) is 7.46. The monoisotopic (exact) mass is 638 g/mol. The number of thiophene rings is 1. The number of nitrogens with two attached hydrogens (primary N) is 1. The first-order valence-electron chi connectivity index (χ1n) is 13.8. The number of rotatable bonds is 10. The van der Waals surface area contributed by atoms with Crippen LogP contribution in [0.3, 0.4) is 0 Å². The molecule has 4 aromatic rings. The number of carbonyl (C=O) groups excluding carboxylic acids is 2. The number of likely N-dealkylation sites (tertiary alicyclic amines) is 1. The van der Waals surface area contributed by atoms with Crippen LogP contribution in [-0.2, 0) is 10.2 Å². The first-order valence-corrected chi connectivity index (χ1v) is 16.7. The molecule has 1 fully saturated rings. The van der Waals surface area contributed by atoms with Gasteiger partial charge in [-0.15, -0.1) is 11.3 Å². The van der Waals surface area contributed by atoms with Crippen molar-refractivity contribution in [3.05, 3.63) is 99.3 Å². The largest absolute Gasteiger partial charge is 0.494 e. The highest BCUT2D eigenvalue weighted by Crippen LogP contribution is 2.44. The van der Waals surface area contributed by atoms with Crippen LogP contribution in [0, 0.1) is 0 Å². The van der Waals surface area contributed by atoms with Gasteiger partial charge in [0.05, 0.1) is 16.9 Å². The zero-order valence-corrected chi connectivity index (χ0v) is 26.4. The molecule has 0 saturated carbocycles. The van der Waals surface area contributed by atoms with Gasteiger partial charge in [0.25, 0.3) is 5.91 Å². The summed E-state index contributed by atoms with van der Waals surface area (Å²) in [5, 5.41) is 1.06. The molecule has 1 aliphatic rings. The van der Waals surface area contributed by atoms with Crippen LogP contribution in [0.5, 0.6) is 5.75 Å². The first-order chi connectivity index (χ1) is 20.3. The van der Waals surface area contributed by atoms with E-state index in [0.717, 1.165) is 45.1 Å². The Hall–Kier alpha value is -2.97. The van der Waals surface area contributed by atoms with Crippen LogP contribution in [-0.4, -0.2) is 48.4 Å². The van der Waals surface area contributed by atoms with E-state index >= 15 is 0 Å². The van der Waals surface area contributed by atoms with E-state index in [1.807, 2.05) is 71.6 Å². The van der Waals surface area contributed by atoms with E-state index in [0.29, 0.717) is 47.5 Å². The fraction of sp³-hybridized carbons (Fsp3) is 0.273. The van der Waals surface area contributed by atoms with E-state index in [2.05, 4.69) is 6.26 Å². The fourth-order valence-electron chi connectivity index (χ4n) is 5.40. The highest BCUT2D eigenvalue weighted by molar-refractivity contribution is 7.98. The predicted octanol–water partition coefficient (Wildman–Crippen LogP) is 8.18. The summed E-state index contributed by atoms with van der Waals surface area (Å²) in [4.78, 5) is 29.9. The number of ether oxygens (including phenoxy) is 1. The van der Waals surface area contributed by atoms with Crippen molar-refractivity contribution >= 4 is 58.1 Å². The van der Waals surface area contributed by atoms with Gasteiger partial charge < -0.3 is 15.4 Å². The van der Waals surface area contributed by atoms with Crippen molar-refractivity contribution in [2.45, 2.75) is 24.7 Å². The molecule has 0 spiro atoms. The van der Waals surface area contributed by atoms with Crippen LogP contribution in [0.15, 0.2) is 78.9 Å². The Morgan fingerprint density at radius 2 is 1.69 bits per heavy atom. The van der Waals surface area contributed by atoms with Crippen LogP contribution in [0.25, 0.3) is 21.6 Å². The van der Waals surface area contributed by atoms with Gasteiger partial charge in [-0.05, 0) is 84.9 Å². The highest BCUT2D eigenvalue weighted by atomic mass is 35.5. The summed E-state index contributed by atoms with van der Waals surface area (Å²) in [5.41, 5.74) is 8.68. The number of thioether (sulfide) groups is 1. The Bertz CT molecular complexity index is 1550. The smallest absolute Gasteiger partial charge is 0.263 e. The number of primary amides is 1. The minimum Gasteiger partial charge on any atom is -0.494 e. The number of halogens is 2. The highest BCUT2D eigenvalue weighted by Gasteiger charge is 2.42. The zero-order chi connectivity index (χ0) is 29.7. The van der Waals surface area contributed by atoms with Crippen LogP contribution >= 0.6 is 46.3 Å². The SMILES string of the molecule is CSCCCOc1ccc(-c2sc(C(=O)N3CCC(C(N)=O)(c4ccccc4)CC3)cc2-c2ccc(Cl)cc2Cl)cc1. The molecule has 5 rings (SSSR count). The summed E-state index contributed by atoms with van der Waals surface area (Å²) in [5.74, 6) is 1.44. The summed E-state index contributed by atoms with van der Waals surface area (Å²) < 4.78 is 5.90. The number of benzene rings is 3. The van der Waals surface area contributed by atoms with Gasteiger partial charge in [0.1, 0.15) is 5.75 Å². The van der Waals surface area contributed by atoms with Gasteiger partial charge in [-0.3, -0.25) is 9.59 Å². The second-order valence-electron chi connectivity index (χ2n) is 10.3. The average molecular weight is 640 g/mol. The molecule has 1 saturated heterocycles. The van der Waals surface area contributed by atoms with Gasteiger partial charge in [0, 0.05) is 39.1 Å². The minimum absolute atomic E-state index is 0.0718. The van der Waals surface area contributed by atoms with Gasteiger partial charge in [-0.25, -0.2) is 0 Å². The Kier molecular flexibility index (Phi) is 9.84. The number of hydrogen-bond donors (Lipinski definition) is 1. The van der Waals surface area contributed by atoms with Crippen molar-refractivity contribution in [3.63, 3.8) is 0 Å². The Morgan fingerprint density at radius 3 is 2.33 bits per heavy atom. The van der Waals surface area contributed by atoms with Gasteiger partial charge in [-0.2, -0.15) is 11.8 Å². The Labute approximate surface area is 265 Å². The van der Waals surface area contributed by atoms with E-state index < -0.39 is 5.41 Å². The summed E-state index contributed by atoms with van der Waals surface area (Å²) in [6.07, 6.45) is 4.03. The topological polar surface area (TPSA) is 72.6 Å². The van der Waals surface area contributed by atoms with Crippen molar-refractivity contribution in [3.8, 4) is 27.3 Å². The van der Waals surface area contributed by atoms with E-state index in [9.17, 15) is 9.59 Å². The summed E-state index contributed by atoms with van der Waals surface area (Å²) in [7, 11) is 0. The third-order valence-electron chi connectivity index (χ3n) is 7.74. The van der Waals surface area contributed by atoms with Crippen molar-refractivity contribution in [2.75, 3.05) is 31.7 Å². The molecule has 1 aliphatic heterocycles. The van der Waals surface area contributed by atoms with Crippen molar-refractivity contribution in [2.24, 2.45) is 5.73 Å². The quantitative estimate of drug-likeness (QED) is 0.178. The van der Waals surface area contributed by atoms with Crippen LogP contribution in [0.1, 0.15) is 34.5 Å². The summed E-state index contributed by atoms with van der Waals surface area (Å²) in [6.45, 7) is 1.54.